The van der Waals surface area contributed by atoms with Crippen molar-refractivity contribution in [3.05, 3.63) is 0 Å². The lowest BCUT2D eigenvalue weighted by Crippen LogP contribution is -2.49. The van der Waals surface area contributed by atoms with Crippen LogP contribution in [0.15, 0.2) is 0 Å². The van der Waals surface area contributed by atoms with Gasteiger partial charge in [-0.15, -0.1) is 0 Å². The van der Waals surface area contributed by atoms with Gasteiger partial charge in [0, 0.05) is 24.8 Å². The third-order valence-electron chi connectivity index (χ3n) is 3.08. The number of rotatable bonds is 2. The zero-order chi connectivity index (χ0) is 12.4. The van der Waals surface area contributed by atoms with Gasteiger partial charge in [0.25, 0.3) is 0 Å². The monoisotopic (exact) mass is 260 g/mol. The topological polar surface area (TPSA) is 89.9 Å². The molecule has 17 heavy (non-hydrogen) atoms. The van der Waals surface area contributed by atoms with Crippen LogP contribution in [0.5, 0.6) is 0 Å². The van der Waals surface area contributed by atoms with Gasteiger partial charge in [-0.2, -0.15) is 11.8 Å². The average Bonchev–Trinajstić information content (AvgIpc) is 2.86. The molecule has 0 spiro atoms. The fourth-order valence-corrected chi connectivity index (χ4v) is 3.33. The van der Waals surface area contributed by atoms with Gasteiger partial charge in [-0.1, -0.05) is 0 Å². The predicted molar refractivity (Wildman–Crippen MR) is 63.0 cm³/mol. The van der Waals surface area contributed by atoms with Crippen molar-refractivity contribution < 1.29 is 19.8 Å². The van der Waals surface area contributed by atoms with Crippen molar-refractivity contribution in [2.45, 2.75) is 31.0 Å². The average molecular weight is 260 g/mol. The molecule has 7 heteroatoms. The lowest BCUT2D eigenvalue weighted by molar-refractivity contribution is -0.141. The maximum Gasteiger partial charge on any atom is 0.326 e. The molecule has 2 amide bonds. The smallest absolute Gasteiger partial charge is 0.326 e. The molecule has 6 nitrogen and oxygen atoms in total. The highest BCUT2D eigenvalue weighted by molar-refractivity contribution is 7.99. The third-order valence-corrected chi connectivity index (χ3v) is 4.24. The molecular weight excluding hydrogens is 244 g/mol. The number of β-amino-alcohol motifs (C(OH)–C–C–N with tert-alkyl or cyclic N) is 1. The van der Waals surface area contributed by atoms with Gasteiger partial charge in [0.15, 0.2) is 0 Å². The van der Waals surface area contributed by atoms with Crippen LogP contribution in [0.3, 0.4) is 0 Å². The van der Waals surface area contributed by atoms with E-state index in [1.54, 1.807) is 11.8 Å². The number of urea groups is 1. The maximum atomic E-state index is 11.9. The van der Waals surface area contributed by atoms with E-state index in [-0.39, 0.29) is 25.0 Å². The van der Waals surface area contributed by atoms with Crippen LogP contribution in [-0.4, -0.2) is 63.4 Å². The molecule has 96 valence electrons. The van der Waals surface area contributed by atoms with Crippen molar-refractivity contribution >= 4 is 23.8 Å². The number of amides is 2. The van der Waals surface area contributed by atoms with Crippen LogP contribution in [-0.2, 0) is 4.79 Å². The summed E-state index contributed by atoms with van der Waals surface area (Å²) in [5.74, 6) is 0.841. The molecule has 0 saturated carbocycles. The molecule has 3 N–H and O–H groups in total. The fraction of sp³-hybridized carbons (Fsp3) is 0.800. The summed E-state index contributed by atoms with van der Waals surface area (Å²) in [6, 6.07) is -1.15. The first-order chi connectivity index (χ1) is 8.08. The SMILES string of the molecule is O=C(O)[C@@H]1CC(O)CN1C(=O)NC1CCSC1. The number of hydrogen-bond acceptors (Lipinski definition) is 4. The molecule has 2 rings (SSSR count). The molecule has 0 aromatic heterocycles. The number of thioether (sulfide) groups is 1. The summed E-state index contributed by atoms with van der Waals surface area (Å²) in [5, 5.41) is 21.2. The Balaban J connectivity index is 1.94. The number of aliphatic hydroxyl groups excluding tert-OH is 1. The van der Waals surface area contributed by atoms with Crippen molar-refractivity contribution in [3.63, 3.8) is 0 Å². The Morgan fingerprint density at radius 2 is 2.18 bits per heavy atom. The predicted octanol–water partition coefficient (Wildman–Crippen LogP) is -0.279. The third kappa shape index (κ3) is 2.84. The number of nitrogens with one attached hydrogen (secondary N) is 1. The van der Waals surface area contributed by atoms with Crippen LogP contribution in [0, 0.1) is 0 Å². The van der Waals surface area contributed by atoms with Crippen LogP contribution in [0.2, 0.25) is 0 Å². The van der Waals surface area contributed by atoms with Gasteiger partial charge in [-0.3, -0.25) is 0 Å². The van der Waals surface area contributed by atoms with Crippen LogP contribution in [0.25, 0.3) is 0 Å². The maximum absolute atomic E-state index is 11.9. The van der Waals surface area contributed by atoms with E-state index in [4.69, 9.17) is 5.11 Å². The van der Waals surface area contributed by atoms with Crippen molar-refractivity contribution in [1.82, 2.24) is 10.2 Å². The van der Waals surface area contributed by atoms with E-state index in [9.17, 15) is 14.7 Å². The molecule has 0 bridgehead atoms. The Labute approximate surface area is 103 Å². The number of carboxylic acid groups (broad SMARTS) is 1. The van der Waals surface area contributed by atoms with E-state index in [1.165, 1.54) is 4.90 Å². The minimum absolute atomic E-state index is 0.0999. The Kier molecular flexibility index (Phi) is 3.78. The van der Waals surface area contributed by atoms with Gasteiger partial charge in [-0.05, 0) is 12.2 Å². The zero-order valence-corrected chi connectivity index (χ0v) is 10.2. The highest BCUT2D eigenvalue weighted by Crippen LogP contribution is 2.20. The summed E-state index contributed by atoms with van der Waals surface area (Å²) in [6.07, 6.45) is 0.298. The van der Waals surface area contributed by atoms with Gasteiger partial charge in [-0.25, -0.2) is 9.59 Å². The lowest BCUT2D eigenvalue weighted by Gasteiger charge is -2.23. The van der Waals surface area contributed by atoms with E-state index < -0.39 is 18.1 Å². The van der Waals surface area contributed by atoms with E-state index >= 15 is 0 Å². The number of hydrogen-bond donors (Lipinski definition) is 3. The van der Waals surface area contributed by atoms with Crippen molar-refractivity contribution in [3.8, 4) is 0 Å². The molecule has 2 heterocycles. The van der Waals surface area contributed by atoms with Crippen LogP contribution in [0.1, 0.15) is 12.8 Å². The van der Waals surface area contributed by atoms with Gasteiger partial charge < -0.3 is 20.4 Å². The second-order valence-electron chi connectivity index (χ2n) is 4.41. The summed E-state index contributed by atoms with van der Waals surface area (Å²) in [7, 11) is 0. The number of aliphatic carboxylic acids is 1. The Morgan fingerprint density at radius 1 is 1.41 bits per heavy atom. The fourth-order valence-electron chi connectivity index (χ4n) is 2.18. The summed E-state index contributed by atoms with van der Waals surface area (Å²) < 4.78 is 0. The van der Waals surface area contributed by atoms with Crippen LogP contribution in [0.4, 0.5) is 4.79 Å². The molecule has 2 saturated heterocycles. The minimum atomic E-state index is -1.06. The number of aliphatic hydroxyl groups is 1. The van der Waals surface area contributed by atoms with Crippen LogP contribution < -0.4 is 5.32 Å². The quantitative estimate of drug-likeness (QED) is 0.635. The van der Waals surface area contributed by atoms with Crippen LogP contribution >= 0.6 is 11.8 Å². The van der Waals surface area contributed by atoms with Gasteiger partial charge >= 0.3 is 12.0 Å². The molecule has 3 atom stereocenters. The summed E-state index contributed by atoms with van der Waals surface area (Å²) in [6.45, 7) is 0.0999. The molecular formula is C10H16N2O4S. The number of likely N-dealkylation sites (tertiary alicyclic amines) is 1. The zero-order valence-electron chi connectivity index (χ0n) is 9.33. The standard InChI is InChI=1S/C10H16N2O4S/c13-7-3-8(9(14)15)12(4-7)10(16)11-6-1-2-17-5-6/h6-8,13H,1-5H2,(H,11,16)(H,14,15)/t6?,7?,8-/m0/s1. The molecule has 2 aliphatic heterocycles. The molecule has 0 aromatic rings. The highest BCUT2D eigenvalue weighted by atomic mass is 32.2. The molecule has 2 unspecified atom stereocenters. The van der Waals surface area contributed by atoms with E-state index in [1.807, 2.05) is 0 Å². The molecule has 0 radical (unpaired) electrons. The first-order valence-corrected chi connectivity index (χ1v) is 6.79. The number of carboxylic acids is 1. The lowest BCUT2D eigenvalue weighted by atomic mass is 10.2. The molecule has 2 aliphatic rings. The normalized spacial score (nSPS) is 32.8. The Hall–Kier alpha value is -0.950. The van der Waals surface area contributed by atoms with E-state index in [0.717, 1.165) is 17.9 Å². The van der Waals surface area contributed by atoms with E-state index in [2.05, 4.69) is 5.32 Å². The summed E-state index contributed by atoms with van der Waals surface area (Å²) in [5.41, 5.74) is 0. The van der Waals surface area contributed by atoms with Crippen molar-refractivity contribution in [2.24, 2.45) is 0 Å². The second-order valence-corrected chi connectivity index (χ2v) is 5.56. The van der Waals surface area contributed by atoms with Crippen molar-refractivity contribution in [1.29, 1.82) is 0 Å². The Bertz CT molecular complexity index is 319. The first-order valence-electron chi connectivity index (χ1n) is 5.63. The number of carbonyl (C=O) groups excluding carboxylic acids is 1. The summed E-state index contributed by atoms with van der Waals surface area (Å²) in [4.78, 5) is 24.1. The van der Waals surface area contributed by atoms with Gasteiger partial charge in [0.05, 0.1) is 6.10 Å². The molecule has 2 fully saturated rings. The van der Waals surface area contributed by atoms with E-state index in [0.29, 0.717) is 0 Å². The minimum Gasteiger partial charge on any atom is -0.480 e. The molecule has 0 aromatic carbocycles. The first kappa shape index (κ1) is 12.5. The highest BCUT2D eigenvalue weighted by Gasteiger charge is 2.39. The Morgan fingerprint density at radius 3 is 2.76 bits per heavy atom. The summed E-state index contributed by atoms with van der Waals surface area (Å²) >= 11 is 1.78. The molecule has 0 aliphatic carbocycles. The van der Waals surface area contributed by atoms with Crippen molar-refractivity contribution in [2.75, 3.05) is 18.1 Å². The number of carbonyl (C=O) groups is 2. The van der Waals surface area contributed by atoms with Gasteiger partial charge in [0.1, 0.15) is 6.04 Å². The second kappa shape index (κ2) is 5.14. The number of nitrogens with zero attached hydrogens (tertiary/aromatic N) is 1. The largest absolute Gasteiger partial charge is 0.480 e. The van der Waals surface area contributed by atoms with Gasteiger partial charge in [0.2, 0.25) is 0 Å².